The smallest absolute Gasteiger partial charge is 0.410 e. The zero-order valence-electron chi connectivity index (χ0n) is 10.8. The molecule has 0 spiro atoms. The minimum atomic E-state index is -0.196. The van der Waals surface area contributed by atoms with Crippen LogP contribution in [0.2, 0.25) is 0 Å². The normalized spacial score (nSPS) is 23.8. The summed E-state index contributed by atoms with van der Waals surface area (Å²) in [6, 6.07) is 9.78. The molecule has 0 bridgehead atoms. The Morgan fingerprint density at radius 3 is 2.50 bits per heavy atom. The van der Waals surface area contributed by atoms with Gasteiger partial charge in [0, 0.05) is 23.6 Å². The lowest BCUT2D eigenvalue weighted by Gasteiger charge is -2.33. The second kappa shape index (κ2) is 6.14. The first-order valence-electron chi connectivity index (χ1n) is 6.26. The van der Waals surface area contributed by atoms with Crippen LogP contribution < -0.4 is 0 Å². The summed E-state index contributed by atoms with van der Waals surface area (Å²) in [4.78, 5) is 13.8. The van der Waals surface area contributed by atoms with Crippen molar-refractivity contribution in [3.8, 4) is 0 Å². The summed E-state index contributed by atoms with van der Waals surface area (Å²) in [5.74, 6) is 0. The Kier molecular flexibility index (Phi) is 4.53. The number of ether oxygens (including phenoxy) is 1. The molecule has 98 valence electrons. The predicted molar refractivity (Wildman–Crippen MR) is 74.7 cm³/mol. The van der Waals surface area contributed by atoms with Crippen molar-refractivity contribution in [2.24, 2.45) is 0 Å². The molecule has 1 aliphatic rings. The standard InChI is InChI=1S/C14H19NO2S/c1-11-8-15(9-12(2)18-11)14(16)17-10-13-6-4-3-5-7-13/h3-7,11-12H,8-10H2,1-2H3. The number of carbonyl (C=O) groups is 1. The molecule has 0 aromatic heterocycles. The van der Waals surface area contributed by atoms with E-state index in [1.807, 2.05) is 47.0 Å². The lowest BCUT2D eigenvalue weighted by atomic mass is 10.2. The van der Waals surface area contributed by atoms with Crippen molar-refractivity contribution in [1.82, 2.24) is 4.90 Å². The molecule has 2 unspecified atom stereocenters. The third-order valence-electron chi connectivity index (χ3n) is 2.88. The molecule has 0 N–H and O–H groups in total. The molecule has 1 amide bonds. The lowest BCUT2D eigenvalue weighted by Crippen LogP contribution is -2.44. The van der Waals surface area contributed by atoms with Gasteiger partial charge in [-0.15, -0.1) is 0 Å². The summed E-state index contributed by atoms with van der Waals surface area (Å²) in [5.41, 5.74) is 1.03. The van der Waals surface area contributed by atoms with E-state index in [1.54, 1.807) is 0 Å². The van der Waals surface area contributed by atoms with Gasteiger partial charge in [0.05, 0.1) is 0 Å². The van der Waals surface area contributed by atoms with Crippen LogP contribution in [-0.2, 0) is 11.3 Å². The minimum absolute atomic E-state index is 0.196. The van der Waals surface area contributed by atoms with Gasteiger partial charge < -0.3 is 9.64 Å². The second-order valence-corrected chi connectivity index (χ2v) is 6.58. The maximum Gasteiger partial charge on any atom is 0.410 e. The fourth-order valence-electron chi connectivity index (χ4n) is 2.14. The van der Waals surface area contributed by atoms with Crippen molar-refractivity contribution in [2.45, 2.75) is 31.0 Å². The Balaban J connectivity index is 1.84. The molecule has 0 aliphatic carbocycles. The van der Waals surface area contributed by atoms with Crippen molar-refractivity contribution in [3.05, 3.63) is 35.9 Å². The third kappa shape index (κ3) is 3.67. The first kappa shape index (κ1) is 13.3. The highest BCUT2D eigenvalue weighted by Gasteiger charge is 2.26. The Morgan fingerprint density at radius 1 is 1.28 bits per heavy atom. The van der Waals surface area contributed by atoms with Gasteiger partial charge in [0.15, 0.2) is 0 Å². The van der Waals surface area contributed by atoms with Crippen LogP contribution in [0.1, 0.15) is 19.4 Å². The SMILES string of the molecule is CC1CN(C(=O)OCc2ccccc2)CC(C)S1. The van der Waals surface area contributed by atoms with E-state index in [4.69, 9.17) is 4.74 Å². The van der Waals surface area contributed by atoms with Crippen LogP contribution >= 0.6 is 11.8 Å². The van der Waals surface area contributed by atoms with E-state index in [1.165, 1.54) is 0 Å². The number of carbonyl (C=O) groups excluding carboxylic acids is 1. The van der Waals surface area contributed by atoms with Gasteiger partial charge in [0.25, 0.3) is 0 Å². The van der Waals surface area contributed by atoms with E-state index < -0.39 is 0 Å². The minimum Gasteiger partial charge on any atom is -0.445 e. The van der Waals surface area contributed by atoms with E-state index in [0.29, 0.717) is 17.1 Å². The van der Waals surface area contributed by atoms with Gasteiger partial charge in [0.2, 0.25) is 0 Å². The lowest BCUT2D eigenvalue weighted by molar-refractivity contribution is 0.0956. The maximum atomic E-state index is 12.0. The van der Waals surface area contributed by atoms with Crippen LogP contribution in [0.15, 0.2) is 30.3 Å². The van der Waals surface area contributed by atoms with E-state index in [2.05, 4.69) is 13.8 Å². The number of thioether (sulfide) groups is 1. The van der Waals surface area contributed by atoms with E-state index in [-0.39, 0.29) is 6.09 Å². The molecule has 2 atom stereocenters. The quantitative estimate of drug-likeness (QED) is 0.822. The number of hydrogen-bond acceptors (Lipinski definition) is 3. The molecule has 2 rings (SSSR count). The topological polar surface area (TPSA) is 29.5 Å². The average molecular weight is 265 g/mol. The van der Waals surface area contributed by atoms with Crippen molar-refractivity contribution < 1.29 is 9.53 Å². The first-order chi connectivity index (χ1) is 8.65. The summed E-state index contributed by atoms with van der Waals surface area (Å²) in [6.07, 6.45) is -0.196. The molecule has 1 aromatic rings. The predicted octanol–water partition coefficient (Wildman–Crippen LogP) is 3.15. The molecule has 0 radical (unpaired) electrons. The summed E-state index contributed by atoms with van der Waals surface area (Å²) >= 11 is 1.93. The highest BCUT2D eigenvalue weighted by atomic mass is 32.2. The number of nitrogens with zero attached hydrogens (tertiary/aromatic N) is 1. The van der Waals surface area contributed by atoms with Crippen LogP contribution in [0.5, 0.6) is 0 Å². The largest absolute Gasteiger partial charge is 0.445 e. The first-order valence-corrected chi connectivity index (χ1v) is 7.20. The molecule has 4 heteroatoms. The van der Waals surface area contributed by atoms with Gasteiger partial charge in [-0.1, -0.05) is 44.2 Å². The molecular weight excluding hydrogens is 246 g/mol. The van der Waals surface area contributed by atoms with Crippen LogP contribution in [0.3, 0.4) is 0 Å². The molecule has 1 heterocycles. The molecule has 1 fully saturated rings. The van der Waals surface area contributed by atoms with E-state index in [0.717, 1.165) is 18.7 Å². The van der Waals surface area contributed by atoms with Crippen molar-refractivity contribution in [1.29, 1.82) is 0 Å². The maximum absolute atomic E-state index is 12.0. The van der Waals surface area contributed by atoms with Crippen LogP contribution in [0.25, 0.3) is 0 Å². The van der Waals surface area contributed by atoms with Gasteiger partial charge >= 0.3 is 6.09 Å². The number of benzene rings is 1. The molecule has 0 saturated carbocycles. The Labute approximate surface area is 113 Å². The van der Waals surface area contributed by atoms with E-state index >= 15 is 0 Å². The van der Waals surface area contributed by atoms with Crippen LogP contribution in [0, 0.1) is 0 Å². The van der Waals surface area contributed by atoms with Crippen molar-refractivity contribution in [3.63, 3.8) is 0 Å². The average Bonchev–Trinajstić information content (AvgIpc) is 2.36. The zero-order valence-corrected chi connectivity index (χ0v) is 11.7. The van der Waals surface area contributed by atoms with Crippen LogP contribution in [-0.4, -0.2) is 34.6 Å². The molecular formula is C14H19NO2S. The summed E-state index contributed by atoms with van der Waals surface area (Å²) < 4.78 is 5.34. The Hall–Kier alpha value is -1.16. The second-order valence-electron chi connectivity index (χ2n) is 4.70. The van der Waals surface area contributed by atoms with Crippen molar-refractivity contribution >= 4 is 17.9 Å². The van der Waals surface area contributed by atoms with Gasteiger partial charge in [0.1, 0.15) is 6.61 Å². The number of rotatable bonds is 2. The molecule has 1 aliphatic heterocycles. The Bertz CT molecular complexity index is 386. The van der Waals surface area contributed by atoms with E-state index in [9.17, 15) is 4.79 Å². The zero-order chi connectivity index (χ0) is 13.0. The highest BCUT2D eigenvalue weighted by Crippen LogP contribution is 2.25. The molecule has 3 nitrogen and oxygen atoms in total. The Morgan fingerprint density at radius 2 is 1.89 bits per heavy atom. The number of amides is 1. The molecule has 18 heavy (non-hydrogen) atoms. The van der Waals surface area contributed by atoms with Crippen molar-refractivity contribution in [2.75, 3.05) is 13.1 Å². The molecule has 1 saturated heterocycles. The fraction of sp³-hybridized carbons (Fsp3) is 0.500. The highest BCUT2D eigenvalue weighted by molar-refractivity contribution is 8.00. The van der Waals surface area contributed by atoms with Gasteiger partial charge in [-0.3, -0.25) is 0 Å². The number of hydrogen-bond donors (Lipinski definition) is 0. The van der Waals surface area contributed by atoms with Crippen LogP contribution in [0.4, 0.5) is 4.79 Å². The summed E-state index contributed by atoms with van der Waals surface area (Å²) in [5, 5.41) is 0.969. The van der Waals surface area contributed by atoms with Gasteiger partial charge in [-0.2, -0.15) is 11.8 Å². The third-order valence-corrected chi connectivity index (χ3v) is 4.11. The summed E-state index contributed by atoms with van der Waals surface area (Å²) in [7, 11) is 0. The van der Waals surface area contributed by atoms with Gasteiger partial charge in [-0.25, -0.2) is 4.79 Å². The summed E-state index contributed by atoms with van der Waals surface area (Å²) in [6.45, 7) is 6.22. The van der Waals surface area contributed by atoms with Gasteiger partial charge in [-0.05, 0) is 5.56 Å². The monoisotopic (exact) mass is 265 g/mol. The fourth-order valence-corrected chi connectivity index (χ4v) is 3.46. The molecule has 1 aromatic carbocycles.